The Balaban J connectivity index is 1.00. The molecule has 4 heterocycles. The lowest BCUT2D eigenvalue weighted by molar-refractivity contribution is -0.366. The number of aliphatic hydroxyl groups excluding tert-OH is 4. The van der Waals surface area contributed by atoms with Crippen molar-refractivity contribution in [3.05, 3.63) is 120 Å². The van der Waals surface area contributed by atoms with Crippen molar-refractivity contribution in [3.63, 3.8) is 0 Å². The molecule has 5 fully saturated rings. The molecule has 3 aromatic rings. The molecule has 4 aliphatic heterocycles. The summed E-state index contributed by atoms with van der Waals surface area (Å²) in [6, 6.07) is 27.0. The van der Waals surface area contributed by atoms with Crippen molar-refractivity contribution in [1.82, 2.24) is 10.6 Å². The highest BCUT2D eigenvalue weighted by molar-refractivity contribution is 5.68. The number of aliphatic hydroxyl groups is 4. The molecule has 394 valence electrons. The minimum Gasteiger partial charge on any atom is -0.445 e. The van der Waals surface area contributed by atoms with E-state index in [2.05, 4.69) is 17.2 Å². The van der Waals surface area contributed by atoms with Gasteiger partial charge in [0.1, 0.15) is 62.0 Å². The zero-order chi connectivity index (χ0) is 50.9. The molecule has 19 heteroatoms. The number of carbonyl (C=O) groups excluding carboxylic acids is 2. The highest BCUT2D eigenvalue weighted by Gasteiger charge is 2.56. The molecule has 5 aliphatic rings. The second-order valence-electron chi connectivity index (χ2n) is 19.3. The van der Waals surface area contributed by atoms with Gasteiger partial charge in [-0.1, -0.05) is 125 Å². The summed E-state index contributed by atoms with van der Waals surface area (Å²) in [7, 11) is 0. The van der Waals surface area contributed by atoms with Crippen molar-refractivity contribution in [2.45, 2.75) is 158 Å². The molecule has 1 saturated carbocycles. The van der Waals surface area contributed by atoms with E-state index in [1.54, 1.807) is 19.9 Å². The van der Waals surface area contributed by atoms with Crippen molar-refractivity contribution in [1.29, 1.82) is 0 Å². The first kappa shape index (κ1) is 53.7. The maximum atomic E-state index is 13.6. The van der Waals surface area contributed by atoms with Crippen LogP contribution in [0.2, 0.25) is 0 Å². The van der Waals surface area contributed by atoms with E-state index in [0.717, 1.165) is 16.7 Å². The van der Waals surface area contributed by atoms with Crippen LogP contribution in [-0.4, -0.2) is 151 Å². The van der Waals surface area contributed by atoms with Gasteiger partial charge in [0.15, 0.2) is 25.2 Å². The highest BCUT2D eigenvalue weighted by atomic mass is 16.8. The minimum absolute atomic E-state index is 0.000923. The molecular weight excluding hydrogens is 937 g/mol. The Morgan fingerprint density at radius 2 is 1.25 bits per heavy atom. The summed E-state index contributed by atoms with van der Waals surface area (Å²) in [5.74, 6) is -1.90. The van der Waals surface area contributed by atoms with Crippen LogP contribution in [0.4, 0.5) is 9.59 Å². The Bertz CT molecular complexity index is 2160. The highest BCUT2D eigenvalue weighted by Crippen LogP contribution is 2.41. The molecule has 0 bridgehead atoms. The molecule has 4 saturated heterocycles. The molecule has 8 rings (SSSR count). The van der Waals surface area contributed by atoms with Crippen LogP contribution in [0, 0.1) is 17.8 Å². The van der Waals surface area contributed by atoms with Crippen LogP contribution in [-0.2, 0) is 65.3 Å². The summed E-state index contributed by atoms with van der Waals surface area (Å²) >= 11 is 0. The molecule has 20 atom stereocenters. The first-order chi connectivity index (χ1) is 34.8. The Morgan fingerprint density at radius 3 is 1.90 bits per heavy atom. The molecule has 0 radical (unpaired) electrons. The number of rotatable bonds is 18. The Labute approximate surface area is 419 Å². The largest absolute Gasteiger partial charge is 0.445 e. The summed E-state index contributed by atoms with van der Waals surface area (Å²) in [5, 5.41) is 51.8. The lowest BCUT2D eigenvalue weighted by Crippen LogP contribution is -2.65. The molecule has 6 N–H and O–H groups in total. The number of alkyl carbamates (subject to hydrolysis) is 2. The van der Waals surface area contributed by atoms with Crippen LogP contribution in [0.5, 0.6) is 0 Å². The third-order valence-corrected chi connectivity index (χ3v) is 14.1. The maximum absolute atomic E-state index is 13.6. The van der Waals surface area contributed by atoms with Crippen molar-refractivity contribution in [2.75, 3.05) is 19.8 Å². The SMILES string of the molecule is C=CCO[C@H]1[C@H](O[C@@H]2[C@@H](O)[C@H](C)C[C@H](NC(=O)OCc3ccccc3)[C@H]2O[C@H]2O[C@@H]3COC(c4ccccc4)O[C@H]3[C@H](O)[C@H]2C)O[C@H](CC)[C@H]1O[C@H]1O[C@@H](CNC(=O)OCc2ccccc2)[C@@H](O)[C@H](O)[C@H]1C. The number of amides is 2. The fourth-order valence-electron chi connectivity index (χ4n) is 9.94. The summed E-state index contributed by atoms with van der Waals surface area (Å²) in [5.41, 5.74) is 2.37. The molecule has 19 nitrogen and oxygen atoms in total. The van der Waals surface area contributed by atoms with E-state index >= 15 is 0 Å². The van der Waals surface area contributed by atoms with E-state index in [9.17, 15) is 30.0 Å². The molecule has 72 heavy (non-hydrogen) atoms. The van der Waals surface area contributed by atoms with Crippen LogP contribution in [0.25, 0.3) is 0 Å². The number of fused-ring (bicyclic) bond motifs is 1. The summed E-state index contributed by atoms with van der Waals surface area (Å²) in [4.78, 5) is 26.3. The monoisotopic (exact) mass is 1010 g/mol. The second kappa shape index (κ2) is 25.1. The third-order valence-electron chi connectivity index (χ3n) is 14.1. The quantitative estimate of drug-likeness (QED) is 0.0969. The van der Waals surface area contributed by atoms with Crippen LogP contribution in [0.15, 0.2) is 104 Å². The van der Waals surface area contributed by atoms with E-state index in [-0.39, 0.29) is 39.4 Å². The predicted molar refractivity (Wildman–Crippen MR) is 255 cm³/mol. The Kier molecular flexibility index (Phi) is 18.7. The zero-order valence-electron chi connectivity index (χ0n) is 41.0. The van der Waals surface area contributed by atoms with Gasteiger partial charge in [-0.2, -0.15) is 0 Å². The van der Waals surface area contributed by atoms with Crippen LogP contribution in [0.3, 0.4) is 0 Å². The van der Waals surface area contributed by atoms with Gasteiger partial charge in [-0.3, -0.25) is 0 Å². The number of benzene rings is 3. The van der Waals surface area contributed by atoms with Crippen molar-refractivity contribution >= 4 is 12.2 Å². The second-order valence-corrected chi connectivity index (χ2v) is 19.3. The normalized spacial score (nSPS) is 37.7. The van der Waals surface area contributed by atoms with Gasteiger partial charge in [0.25, 0.3) is 0 Å². The van der Waals surface area contributed by atoms with Crippen LogP contribution < -0.4 is 10.6 Å². The first-order valence-electron chi connectivity index (χ1n) is 24.9. The average Bonchev–Trinajstić information content (AvgIpc) is 3.73. The summed E-state index contributed by atoms with van der Waals surface area (Å²) in [6.07, 6.45) is -15.9. The van der Waals surface area contributed by atoms with Gasteiger partial charge in [-0.05, 0) is 29.9 Å². The van der Waals surface area contributed by atoms with Gasteiger partial charge in [0.05, 0.1) is 43.7 Å². The number of nitrogens with one attached hydrogen (secondary N) is 2. The molecule has 0 spiro atoms. The Morgan fingerprint density at radius 1 is 0.667 bits per heavy atom. The third kappa shape index (κ3) is 12.8. The smallest absolute Gasteiger partial charge is 0.407 e. The van der Waals surface area contributed by atoms with E-state index in [1.165, 1.54) is 0 Å². The lowest BCUT2D eigenvalue weighted by atomic mass is 9.80. The fourth-order valence-corrected chi connectivity index (χ4v) is 9.94. The maximum Gasteiger partial charge on any atom is 0.407 e. The van der Waals surface area contributed by atoms with Gasteiger partial charge >= 0.3 is 12.2 Å². The van der Waals surface area contributed by atoms with Gasteiger partial charge in [0, 0.05) is 23.9 Å². The van der Waals surface area contributed by atoms with Crippen LogP contribution >= 0.6 is 0 Å². The Hall–Kier alpha value is -4.58. The first-order valence-corrected chi connectivity index (χ1v) is 24.9. The van der Waals surface area contributed by atoms with Crippen molar-refractivity contribution < 1.29 is 82.1 Å². The number of carbonyl (C=O) groups is 2. The van der Waals surface area contributed by atoms with E-state index in [4.69, 9.17) is 52.1 Å². The summed E-state index contributed by atoms with van der Waals surface area (Å²) in [6.45, 7) is 10.9. The van der Waals surface area contributed by atoms with E-state index in [1.807, 2.05) is 105 Å². The van der Waals surface area contributed by atoms with E-state index < -0.39 is 134 Å². The molecule has 1 unspecified atom stereocenters. The van der Waals surface area contributed by atoms with E-state index in [0.29, 0.717) is 6.42 Å². The van der Waals surface area contributed by atoms with Gasteiger partial charge < -0.3 is 83.2 Å². The number of ether oxygens (including phenoxy) is 11. The minimum atomic E-state index is -1.38. The number of hydrogen-bond acceptors (Lipinski definition) is 17. The van der Waals surface area contributed by atoms with Gasteiger partial charge in [0.2, 0.25) is 0 Å². The van der Waals surface area contributed by atoms with Crippen LogP contribution in [0.1, 0.15) is 63.5 Å². The zero-order valence-corrected chi connectivity index (χ0v) is 41.0. The number of hydrogen-bond donors (Lipinski definition) is 6. The van der Waals surface area contributed by atoms with Gasteiger partial charge in [-0.25, -0.2) is 9.59 Å². The van der Waals surface area contributed by atoms with Gasteiger partial charge in [-0.15, -0.1) is 6.58 Å². The molecule has 0 aromatic heterocycles. The molecule has 2 amide bonds. The van der Waals surface area contributed by atoms with Crippen molar-refractivity contribution in [2.24, 2.45) is 17.8 Å². The molecule has 3 aromatic carbocycles. The van der Waals surface area contributed by atoms with Crippen molar-refractivity contribution in [3.8, 4) is 0 Å². The fraction of sp³-hybridized carbons (Fsp3) is 0.585. The predicted octanol–water partition coefficient (Wildman–Crippen LogP) is 4.39. The standard InChI is InChI=1S/C53H70N2O17/c1-6-23-62-47-45(71-48-30(4)40(57)42(59)37(67-48)25-54-52(60)64-26-32-17-11-8-12-18-32)36(7-2)66-51(47)72-46-39(56)29(3)24-35(55-53(61)65-27-33-19-13-9-14-20-33)43(46)69-49-31(5)41(58)44-38(68-49)28-63-50(70-44)34-21-15-10-16-22-34/h6,8-22,29-31,35-51,56-59H,1,7,23-28H2,2-5H3,(H,54,60)(H,55,61)/t29-,30-,31-,35+,36-,37+,38-,39+,40-,41-,42-,43-,44-,45-,46-,47-,48-,49-,50?,51+/m1/s1. The molecular formula is C53H70N2O17. The molecule has 1 aliphatic carbocycles. The lowest BCUT2D eigenvalue weighted by Gasteiger charge is -2.50. The summed E-state index contributed by atoms with van der Waals surface area (Å²) < 4.78 is 69.4. The topological polar surface area (TPSA) is 241 Å². The average molecular weight is 1010 g/mol.